The van der Waals surface area contributed by atoms with E-state index >= 15 is 0 Å². The molecule has 0 aromatic heterocycles. The van der Waals surface area contributed by atoms with Crippen LogP contribution in [0.1, 0.15) is 35.7 Å². The second kappa shape index (κ2) is 13.9. The molecule has 0 heterocycles. The predicted octanol–water partition coefficient (Wildman–Crippen LogP) is 5.91. The van der Waals surface area contributed by atoms with Crippen LogP contribution in [0.2, 0.25) is 10.0 Å². The molecule has 7 nitrogen and oxygen atoms in total. The zero-order chi connectivity index (χ0) is 25.4. The molecule has 0 fully saturated rings. The molecule has 0 radical (unpaired) electrons. The number of benzene rings is 3. The van der Waals surface area contributed by atoms with E-state index in [-0.39, 0.29) is 45.2 Å². The first-order valence-corrected chi connectivity index (χ1v) is 11.9. The first-order chi connectivity index (χ1) is 16.8. The Labute approximate surface area is 226 Å². The molecule has 3 aromatic rings. The van der Waals surface area contributed by atoms with Crippen LogP contribution < -0.4 is 21.1 Å². The number of amides is 1. The van der Waals surface area contributed by atoms with Crippen LogP contribution >= 0.6 is 35.6 Å². The number of hydrogen-bond donors (Lipinski definition) is 4. The summed E-state index contributed by atoms with van der Waals surface area (Å²) in [5.41, 5.74) is 6.72. The molecule has 10 heteroatoms. The van der Waals surface area contributed by atoms with Crippen LogP contribution in [0, 0.1) is 0 Å². The SMILES string of the molecule is CC(Nc1ccccc1C(=O)c1cc(Cl)c(OCCCCN)c(Cl)c1O)C(=O)Nc1ccccc1.Cl. The topological polar surface area (TPSA) is 114 Å². The van der Waals surface area contributed by atoms with E-state index in [4.69, 9.17) is 33.7 Å². The number of ketones is 1. The second-order valence-corrected chi connectivity index (χ2v) is 8.62. The van der Waals surface area contributed by atoms with Gasteiger partial charge in [0.15, 0.2) is 11.5 Å². The summed E-state index contributed by atoms with van der Waals surface area (Å²) in [6, 6.07) is 16.4. The van der Waals surface area contributed by atoms with E-state index in [1.54, 1.807) is 43.3 Å². The van der Waals surface area contributed by atoms with Crippen LogP contribution in [-0.2, 0) is 4.79 Å². The third kappa shape index (κ3) is 7.27. The Morgan fingerprint density at radius 2 is 1.69 bits per heavy atom. The molecule has 3 rings (SSSR count). The molecular formula is C26H28Cl3N3O4. The Kier molecular flexibility index (Phi) is 11.3. The van der Waals surface area contributed by atoms with Crippen LogP contribution in [0.4, 0.5) is 11.4 Å². The van der Waals surface area contributed by atoms with Crippen LogP contribution in [0.15, 0.2) is 60.7 Å². The van der Waals surface area contributed by atoms with Gasteiger partial charge in [0.25, 0.3) is 0 Å². The fourth-order valence-electron chi connectivity index (χ4n) is 3.34. The lowest BCUT2D eigenvalue weighted by atomic mass is 10.00. The van der Waals surface area contributed by atoms with Crippen molar-refractivity contribution in [1.82, 2.24) is 0 Å². The minimum atomic E-state index is -0.658. The molecule has 1 atom stereocenters. The van der Waals surface area contributed by atoms with Gasteiger partial charge in [-0.15, -0.1) is 12.4 Å². The first-order valence-electron chi connectivity index (χ1n) is 11.1. The Hall–Kier alpha value is -2.97. The zero-order valence-electron chi connectivity index (χ0n) is 19.6. The maximum absolute atomic E-state index is 13.4. The maximum Gasteiger partial charge on any atom is 0.246 e. The number of rotatable bonds is 11. The largest absolute Gasteiger partial charge is 0.505 e. The van der Waals surface area contributed by atoms with Gasteiger partial charge in [-0.2, -0.15) is 0 Å². The van der Waals surface area contributed by atoms with Crippen LogP contribution in [0.5, 0.6) is 11.5 Å². The van der Waals surface area contributed by atoms with Gasteiger partial charge in [-0.05, 0) is 56.6 Å². The molecule has 0 aliphatic heterocycles. The first kappa shape index (κ1) is 29.3. The van der Waals surface area contributed by atoms with Gasteiger partial charge in [-0.25, -0.2) is 0 Å². The molecule has 1 amide bonds. The number of nitrogens with one attached hydrogen (secondary N) is 2. The average molecular weight is 553 g/mol. The number of carbonyl (C=O) groups excluding carboxylic acids is 2. The molecule has 0 spiro atoms. The Balaban J connectivity index is 0.00000456. The van der Waals surface area contributed by atoms with Crippen molar-refractivity contribution >= 4 is 58.7 Å². The van der Waals surface area contributed by atoms with Gasteiger partial charge in [0.1, 0.15) is 16.8 Å². The van der Waals surface area contributed by atoms with Gasteiger partial charge in [-0.3, -0.25) is 9.59 Å². The average Bonchev–Trinajstić information content (AvgIpc) is 2.86. The third-order valence-corrected chi connectivity index (χ3v) is 5.85. The fraction of sp³-hybridized carbons (Fsp3) is 0.231. The summed E-state index contributed by atoms with van der Waals surface area (Å²) in [4.78, 5) is 26.0. The Morgan fingerprint density at radius 1 is 1.03 bits per heavy atom. The molecule has 0 saturated carbocycles. The van der Waals surface area contributed by atoms with Crippen molar-refractivity contribution in [2.75, 3.05) is 23.8 Å². The van der Waals surface area contributed by atoms with E-state index in [9.17, 15) is 14.7 Å². The fourth-order valence-corrected chi connectivity index (χ4v) is 3.90. The number of hydrogen-bond acceptors (Lipinski definition) is 6. The quantitative estimate of drug-likeness (QED) is 0.174. The highest BCUT2D eigenvalue weighted by Gasteiger charge is 2.24. The monoisotopic (exact) mass is 551 g/mol. The van der Waals surface area contributed by atoms with Crippen molar-refractivity contribution in [3.63, 3.8) is 0 Å². The molecular weight excluding hydrogens is 525 g/mol. The lowest BCUT2D eigenvalue weighted by Crippen LogP contribution is -2.32. The van der Waals surface area contributed by atoms with Gasteiger partial charge in [0.05, 0.1) is 17.2 Å². The van der Waals surface area contributed by atoms with Gasteiger partial charge in [-0.1, -0.05) is 53.5 Å². The molecule has 5 N–H and O–H groups in total. The number of carbonyl (C=O) groups is 2. The highest BCUT2D eigenvalue weighted by molar-refractivity contribution is 6.39. The number of ether oxygens (including phenoxy) is 1. The number of para-hydroxylation sites is 2. The molecule has 0 aliphatic rings. The van der Waals surface area contributed by atoms with E-state index in [0.717, 1.165) is 6.42 Å². The minimum absolute atomic E-state index is 0. The summed E-state index contributed by atoms with van der Waals surface area (Å²) in [5, 5.41) is 16.5. The molecule has 36 heavy (non-hydrogen) atoms. The minimum Gasteiger partial charge on any atom is -0.505 e. The second-order valence-electron chi connectivity index (χ2n) is 7.84. The standard InChI is InChI=1S/C26H27Cl2N3O4.ClH/c1-16(26(34)31-17-9-3-2-4-10-17)30-21-12-6-5-11-18(21)23(32)19-15-20(27)25(22(28)24(19)33)35-14-8-7-13-29;/h2-6,9-12,15-16,30,33H,7-8,13-14,29H2,1H3,(H,31,34);1H. The van der Waals surface area contributed by atoms with E-state index in [0.29, 0.717) is 30.9 Å². The number of nitrogens with two attached hydrogens (primary N) is 1. The van der Waals surface area contributed by atoms with Crippen molar-refractivity contribution in [2.45, 2.75) is 25.8 Å². The number of phenolic OH excluding ortho intramolecular Hbond substituents is 1. The predicted molar refractivity (Wildman–Crippen MR) is 147 cm³/mol. The van der Waals surface area contributed by atoms with E-state index < -0.39 is 17.6 Å². The van der Waals surface area contributed by atoms with Crippen molar-refractivity contribution in [2.24, 2.45) is 5.73 Å². The van der Waals surface area contributed by atoms with Crippen LogP contribution in [0.25, 0.3) is 0 Å². The molecule has 0 bridgehead atoms. The van der Waals surface area contributed by atoms with Crippen molar-refractivity contribution in [3.05, 3.63) is 81.8 Å². The molecule has 192 valence electrons. The van der Waals surface area contributed by atoms with Gasteiger partial charge in [0.2, 0.25) is 5.91 Å². The number of unbranched alkanes of at least 4 members (excludes halogenated alkanes) is 1. The lowest BCUT2D eigenvalue weighted by Gasteiger charge is -2.18. The van der Waals surface area contributed by atoms with E-state index in [1.807, 2.05) is 18.2 Å². The summed E-state index contributed by atoms with van der Waals surface area (Å²) in [5.74, 6) is -1.11. The molecule has 3 aromatic carbocycles. The highest BCUT2D eigenvalue weighted by Crippen LogP contribution is 2.43. The molecule has 1 unspecified atom stereocenters. The van der Waals surface area contributed by atoms with Crippen molar-refractivity contribution in [3.8, 4) is 11.5 Å². The smallest absolute Gasteiger partial charge is 0.246 e. The van der Waals surface area contributed by atoms with E-state index in [1.165, 1.54) is 6.07 Å². The zero-order valence-corrected chi connectivity index (χ0v) is 21.9. The summed E-state index contributed by atoms with van der Waals surface area (Å²) in [7, 11) is 0. The number of halogens is 3. The maximum atomic E-state index is 13.4. The van der Waals surface area contributed by atoms with Gasteiger partial charge >= 0.3 is 0 Å². The number of aromatic hydroxyl groups is 1. The normalized spacial score (nSPS) is 11.2. The van der Waals surface area contributed by atoms with Gasteiger partial charge in [0, 0.05) is 16.9 Å². The van der Waals surface area contributed by atoms with Crippen LogP contribution in [0.3, 0.4) is 0 Å². The van der Waals surface area contributed by atoms with Gasteiger partial charge < -0.3 is 26.2 Å². The van der Waals surface area contributed by atoms with Crippen molar-refractivity contribution in [1.29, 1.82) is 0 Å². The number of anilines is 2. The Morgan fingerprint density at radius 3 is 2.39 bits per heavy atom. The lowest BCUT2D eigenvalue weighted by molar-refractivity contribution is -0.116. The summed E-state index contributed by atoms with van der Waals surface area (Å²) >= 11 is 12.6. The number of phenols is 1. The highest BCUT2D eigenvalue weighted by atomic mass is 35.5. The van der Waals surface area contributed by atoms with Crippen molar-refractivity contribution < 1.29 is 19.4 Å². The van der Waals surface area contributed by atoms with E-state index in [2.05, 4.69) is 10.6 Å². The summed E-state index contributed by atoms with van der Waals surface area (Å²) in [6.45, 7) is 2.53. The summed E-state index contributed by atoms with van der Waals surface area (Å²) in [6.07, 6.45) is 1.46. The van der Waals surface area contributed by atoms with Crippen LogP contribution in [-0.4, -0.2) is 36.0 Å². The Bertz CT molecular complexity index is 1190. The third-order valence-electron chi connectivity index (χ3n) is 5.22. The molecule has 0 aliphatic carbocycles. The summed E-state index contributed by atoms with van der Waals surface area (Å²) < 4.78 is 5.59. The molecule has 0 saturated heterocycles.